The summed E-state index contributed by atoms with van der Waals surface area (Å²) in [5.41, 5.74) is 0. The maximum atomic E-state index is 9.37. The zero-order valence-electron chi connectivity index (χ0n) is 6.06. The Morgan fingerprint density at radius 1 is 1.00 bits per heavy atom. The molecule has 0 bridgehead atoms. The zero-order valence-corrected chi connectivity index (χ0v) is 6.06. The van der Waals surface area contributed by atoms with Crippen molar-refractivity contribution in [1.29, 1.82) is 0 Å². The Hall–Kier alpha value is -0.770. The lowest BCUT2D eigenvalue weighted by Gasteiger charge is -1.71. The summed E-state index contributed by atoms with van der Waals surface area (Å²) in [5.74, 6) is -0.745. The Kier molecular flexibility index (Phi) is 455. The largest absolute Gasteiger partial charge is 0.481 e. The highest BCUT2D eigenvalue weighted by atomic mass is 16.4. The summed E-state index contributed by atoms with van der Waals surface area (Å²) in [7, 11) is 0. The van der Waals surface area contributed by atoms with Gasteiger partial charge in [-0.3, -0.25) is 4.79 Å². The molecule has 0 aliphatic heterocycles. The van der Waals surface area contributed by atoms with Gasteiger partial charge in [0.15, 0.2) is 0 Å². The van der Waals surface area contributed by atoms with E-state index in [1.807, 2.05) is 0 Å². The molecule has 0 saturated carbocycles. The van der Waals surface area contributed by atoms with E-state index in [9.17, 15) is 4.79 Å². The van der Waals surface area contributed by atoms with Gasteiger partial charge >= 0.3 is 5.97 Å². The molecule has 0 heterocycles. The van der Waals surface area contributed by atoms with Crippen LogP contribution in [0.3, 0.4) is 0 Å². The molecule has 0 rings (SSSR count). The van der Waals surface area contributed by atoms with Gasteiger partial charge in [0.1, 0.15) is 0 Å². The van der Waals surface area contributed by atoms with E-state index in [0.717, 1.165) is 0 Å². The molecule has 0 aromatic rings. The van der Waals surface area contributed by atoms with Crippen LogP contribution in [0.2, 0.25) is 0 Å². The van der Waals surface area contributed by atoms with E-state index in [1.54, 1.807) is 6.92 Å². The number of carboxylic acid groups (broad SMARTS) is 1. The third-order valence-electron chi connectivity index (χ3n) is 0.302. The van der Waals surface area contributed by atoms with Crippen LogP contribution in [0.15, 0.2) is 0 Å². The number of carboxylic acids is 1. The fraction of sp³-hybridized carbons (Fsp3) is 0.667. The quantitative estimate of drug-likeness (QED) is 0.422. The second-order valence-corrected chi connectivity index (χ2v) is 0.747. The highest BCUT2D eigenvalue weighted by Crippen LogP contribution is 1.67. The first-order chi connectivity index (χ1) is 2.27. The maximum absolute atomic E-state index is 9.37. The van der Waals surface area contributed by atoms with Gasteiger partial charge < -0.3 is 38.0 Å². The Bertz CT molecular complexity index is 44.6. The normalized spacial score (nSPS) is 3.36. The van der Waals surface area contributed by atoms with Crippen LogP contribution in [0, 0.1) is 0 Å². The van der Waals surface area contributed by atoms with Crippen LogP contribution >= 0.6 is 0 Å². The fourth-order valence-electron chi connectivity index (χ4n) is 0. The molecular weight excluding hydrogens is 164 g/mol. The van der Waals surface area contributed by atoms with Gasteiger partial charge in [-0.1, -0.05) is 6.92 Å². The number of hydrogen-bond donors (Lipinski definition) is 1. The van der Waals surface area contributed by atoms with E-state index in [1.165, 1.54) is 0 Å². The Morgan fingerprint density at radius 3 is 1.09 bits per heavy atom. The Balaban J connectivity index is -0.00000000533. The van der Waals surface area contributed by atoms with Crippen LogP contribution in [0.4, 0.5) is 0 Å². The van der Waals surface area contributed by atoms with E-state index in [4.69, 9.17) is 5.11 Å². The topological polar surface area (TPSA) is 226 Å². The second-order valence-electron chi connectivity index (χ2n) is 0.747. The molecule has 78 valence electrons. The van der Waals surface area contributed by atoms with Crippen molar-refractivity contribution in [3.8, 4) is 0 Å². The third-order valence-corrected chi connectivity index (χ3v) is 0.302. The molecule has 11 heavy (non-hydrogen) atoms. The summed E-state index contributed by atoms with van der Waals surface area (Å²) < 4.78 is 0. The molecule has 0 aromatic heterocycles. The van der Waals surface area contributed by atoms with Crippen molar-refractivity contribution in [3.63, 3.8) is 0 Å². The molecule has 0 unspecified atom stereocenters. The highest BCUT2D eigenvalue weighted by molar-refractivity contribution is 5.66. The lowest BCUT2D eigenvalue weighted by atomic mass is 10.5. The minimum absolute atomic E-state index is 0. The molecule has 0 aromatic carbocycles. The SMILES string of the molecule is CCC(=O)O.O.O.O.O.O.O. The van der Waals surface area contributed by atoms with Gasteiger partial charge in [-0.15, -0.1) is 0 Å². The summed E-state index contributed by atoms with van der Waals surface area (Å²) >= 11 is 0. The fourth-order valence-corrected chi connectivity index (χ4v) is 0. The van der Waals surface area contributed by atoms with Gasteiger partial charge in [-0.25, -0.2) is 0 Å². The Morgan fingerprint density at radius 2 is 1.09 bits per heavy atom. The molecule has 0 saturated heterocycles. The average Bonchev–Trinajstić information content (AvgIpc) is 1.38. The summed E-state index contributed by atoms with van der Waals surface area (Å²) in [6.45, 7) is 1.60. The monoisotopic (exact) mass is 182 g/mol. The third kappa shape index (κ3) is 319. The van der Waals surface area contributed by atoms with Gasteiger partial charge in [0.25, 0.3) is 0 Å². The van der Waals surface area contributed by atoms with E-state index in [-0.39, 0.29) is 39.3 Å². The van der Waals surface area contributed by atoms with E-state index in [2.05, 4.69) is 0 Å². The number of hydrogen-bond acceptors (Lipinski definition) is 1. The van der Waals surface area contributed by atoms with Crippen LogP contribution in [0.5, 0.6) is 0 Å². The minimum Gasteiger partial charge on any atom is -0.481 e. The molecule has 0 radical (unpaired) electrons. The van der Waals surface area contributed by atoms with Crippen molar-refractivity contribution >= 4 is 5.97 Å². The molecule has 13 N–H and O–H groups in total. The van der Waals surface area contributed by atoms with Gasteiger partial charge in [0.2, 0.25) is 0 Å². The van der Waals surface area contributed by atoms with Gasteiger partial charge in [-0.05, 0) is 0 Å². The molecule has 0 fully saturated rings. The summed E-state index contributed by atoms with van der Waals surface area (Å²) in [6.07, 6.45) is 0.222. The minimum atomic E-state index is -0.745. The molecule has 0 spiro atoms. The van der Waals surface area contributed by atoms with Crippen LogP contribution in [0.25, 0.3) is 0 Å². The lowest BCUT2D eigenvalue weighted by molar-refractivity contribution is -0.136. The van der Waals surface area contributed by atoms with Crippen molar-refractivity contribution < 1.29 is 42.8 Å². The lowest BCUT2D eigenvalue weighted by Crippen LogP contribution is -1.86. The maximum Gasteiger partial charge on any atom is 0.303 e. The van der Waals surface area contributed by atoms with Crippen LogP contribution in [0.1, 0.15) is 13.3 Å². The number of carbonyl (C=O) groups is 1. The van der Waals surface area contributed by atoms with Crippen molar-refractivity contribution in [2.45, 2.75) is 13.3 Å². The first kappa shape index (κ1) is 83.5. The molecule has 0 aliphatic carbocycles. The van der Waals surface area contributed by atoms with Crippen molar-refractivity contribution in [2.24, 2.45) is 0 Å². The predicted octanol–water partition coefficient (Wildman–Crippen LogP) is -4.47. The molecule has 0 atom stereocenters. The molecular formula is C3H18O8. The van der Waals surface area contributed by atoms with E-state index < -0.39 is 5.97 Å². The second kappa shape index (κ2) is 59.9. The Labute approximate surface area is 63.3 Å². The van der Waals surface area contributed by atoms with Crippen LogP contribution in [-0.4, -0.2) is 43.9 Å². The van der Waals surface area contributed by atoms with Crippen molar-refractivity contribution in [2.75, 3.05) is 0 Å². The molecule has 0 amide bonds. The standard InChI is InChI=1S/C3H6O2.6H2O/c1-2-3(4)5;;;;;;/h2H2,1H3,(H,4,5);6*1H2. The first-order valence-electron chi connectivity index (χ1n) is 1.49. The summed E-state index contributed by atoms with van der Waals surface area (Å²) in [6, 6.07) is 0. The summed E-state index contributed by atoms with van der Waals surface area (Å²) in [5, 5.41) is 7.72. The molecule has 8 heteroatoms. The van der Waals surface area contributed by atoms with Gasteiger partial charge in [-0.2, -0.15) is 0 Å². The average molecular weight is 182 g/mol. The van der Waals surface area contributed by atoms with Gasteiger partial charge in [0, 0.05) is 6.42 Å². The number of aliphatic carboxylic acids is 1. The predicted molar refractivity (Wildman–Crippen MR) is 39.6 cm³/mol. The van der Waals surface area contributed by atoms with Crippen molar-refractivity contribution in [3.05, 3.63) is 0 Å². The number of rotatable bonds is 1. The highest BCUT2D eigenvalue weighted by Gasteiger charge is 1.80. The van der Waals surface area contributed by atoms with Gasteiger partial charge in [0.05, 0.1) is 0 Å². The first-order valence-corrected chi connectivity index (χ1v) is 1.49. The molecule has 8 nitrogen and oxygen atoms in total. The van der Waals surface area contributed by atoms with Crippen molar-refractivity contribution in [1.82, 2.24) is 0 Å². The van der Waals surface area contributed by atoms with E-state index >= 15 is 0 Å². The zero-order chi connectivity index (χ0) is 4.28. The van der Waals surface area contributed by atoms with Crippen LogP contribution in [-0.2, 0) is 4.79 Å². The van der Waals surface area contributed by atoms with E-state index in [0.29, 0.717) is 0 Å². The van der Waals surface area contributed by atoms with Crippen LogP contribution < -0.4 is 0 Å². The molecule has 0 aliphatic rings. The smallest absolute Gasteiger partial charge is 0.303 e. The summed E-state index contributed by atoms with van der Waals surface area (Å²) in [4.78, 5) is 9.37.